The maximum absolute atomic E-state index is 12.3. The molecule has 94 valence electrons. The fourth-order valence-electron chi connectivity index (χ4n) is 2.21. The van der Waals surface area contributed by atoms with Crippen LogP contribution < -0.4 is 0 Å². The second-order valence-corrected chi connectivity index (χ2v) is 5.51. The lowest BCUT2D eigenvalue weighted by Crippen LogP contribution is -2.21. The quantitative estimate of drug-likeness (QED) is 0.862. The Morgan fingerprint density at radius 2 is 2.17 bits per heavy atom. The van der Waals surface area contributed by atoms with E-state index in [1.807, 2.05) is 31.2 Å². The van der Waals surface area contributed by atoms with Crippen LogP contribution in [-0.4, -0.2) is 18.5 Å². The van der Waals surface area contributed by atoms with Gasteiger partial charge in [0.05, 0.1) is 18.8 Å². The minimum Gasteiger partial charge on any atom is -0.378 e. The molecule has 0 aliphatic carbocycles. The second-order valence-electron chi connectivity index (χ2n) is 4.59. The number of benzene rings is 1. The van der Waals surface area contributed by atoms with E-state index < -0.39 is 5.92 Å². The molecule has 0 radical (unpaired) electrons. The maximum Gasteiger partial charge on any atom is 0.159 e. The number of ether oxygens (including phenoxy) is 1. The predicted molar refractivity (Wildman–Crippen MR) is 71.0 cm³/mol. The number of ketones is 1. The zero-order valence-corrected chi connectivity index (χ0v) is 11.7. The van der Waals surface area contributed by atoms with Gasteiger partial charge in [-0.2, -0.15) is 5.26 Å². The highest BCUT2D eigenvalue weighted by Gasteiger charge is 2.33. The van der Waals surface area contributed by atoms with E-state index >= 15 is 0 Å². The van der Waals surface area contributed by atoms with Crippen molar-refractivity contribution in [3.63, 3.8) is 0 Å². The van der Waals surface area contributed by atoms with E-state index in [-0.39, 0.29) is 17.8 Å². The molecule has 4 heteroatoms. The topological polar surface area (TPSA) is 50.1 Å². The molecule has 0 bridgehead atoms. The first-order valence-electron chi connectivity index (χ1n) is 5.92. The Balaban J connectivity index is 2.16. The molecule has 18 heavy (non-hydrogen) atoms. The lowest BCUT2D eigenvalue weighted by atomic mass is 9.87. The molecule has 3 unspecified atom stereocenters. The third-order valence-electron chi connectivity index (χ3n) is 3.22. The highest BCUT2D eigenvalue weighted by Crippen LogP contribution is 2.28. The number of carbonyl (C=O) groups is 1. The van der Waals surface area contributed by atoms with Crippen molar-refractivity contribution in [2.45, 2.75) is 25.4 Å². The summed E-state index contributed by atoms with van der Waals surface area (Å²) < 4.78 is 6.34. The minimum atomic E-state index is -0.683. The first-order valence-corrected chi connectivity index (χ1v) is 6.71. The third kappa shape index (κ3) is 2.80. The third-order valence-corrected chi connectivity index (χ3v) is 3.75. The molecule has 1 aliphatic rings. The molecule has 1 saturated heterocycles. The Labute approximate surface area is 115 Å². The fraction of sp³-hybridized carbons (Fsp3) is 0.429. The van der Waals surface area contributed by atoms with Crippen molar-refractivity contribution in [2.24, 2.45) is 5.92 Å². The molecule has 3 nitrogen and oxygen atoms in total. The van der Waals surface area contributed by atoms with Gasteiger partial charge >= 0.3 is 0 Å². The van der Waals surface area contributed by atoms with Crippen LogP contribution in [0.5, 0.6) is 0 Å². The van der Waals surface area contributed by atoms with Crippen molar-refractivity contribution in [1.29, 1.82) is 5.26 Å². The van der Waals surface area contributed by atoms with Crippen LogP contribution in [0.4, 0.5) is 0 Å². The van der Waals surface area contributed by atoms with E-state index in [2.05, 4.69) is 22.0 Å². The molecule has 0 amide bonds. The average Bonchev–Trinajstić information content (AvgIpc) is 2.79. The first kappa shape index (κ1) is 13.3. The number of hydrogen-bond acceptors (Lipinski definition) is 3. The summed E-state index contributed by atoms with van der Waals surface area (Å²) in [5.74, 6) is -0.852. The first-order chi connectivity index (χ1) is 8.61. The normalized spacial score (nSPS) is 24.5. The minimum absolute atomic E-state index is 0.0239. The summed E-state index contributed by atoms with van der Waals surface area (Å²) in [5.41, 5.74) is 0.755. The monoisotopic (exact) mass is 307 g/mol. The van der Waals surface area contributed by atoms with Crippen LogP contribution in [0.15, 0.2) is 28.7 Å². The van der Waals surface area contributed by atoms with Gasteiger partial charge in [0.15, 0.2) is 5.78 Å². The summed E-state index contributed by atoms with van der Waals surface area (Å²) in [4.78, 5) is 12.3. The Bertz CT molecular complexity index is 478. The van der Waals surface area contributed by atoms with E-state index in [0.29, 0.717) is 13.0 Å². The number of hydrogen-bond donors (Lipinski definition) is 0. The highest BCUT2D eigenvalue weighted by molar-refractivity contribution is 9.10. The predicted octanol–water partition coefficient (Wildman–Crippen LogP) is 3.05. The number of nitrogens with zero attached hydrogens (tertiary/aromatic N) is 1. The van der Waals surface area contributed by atoms with Crippen molar-refractivity contribution in [3.05, 3.63) is 34.3 Å². The summed E-state index contributed by atoms with van der Waals surface area (Å²) in [6, 6.07) is 9.43. The van der Waals surface area contributed by atoms with Gasteiger partial charge in [0.1, 0.15) is 5.92 Å². The number of Topliss-reactive ketones (excluding diaryl/α,β-unsaturated/α-hetero) is 1. The van der Waals surface area contributed by atoms with E-state index in [1.165, 1.54) is 0 Å². The maximum atomic E-state index is 12.3. The van der Waals surface area contributed by atoms with Gasteiger partial charge in [-0.25, -0.2) is 0 Å². The molecule has 0 aromatic heterocycles. The molecule has 1 aromatic carbocycles. The van der Waals surface area contributed by atoms with Crippen LogP contribution in [-0.2, 0) is 9.53 Å². The Morgan fingerprint density at radius 3 is 2.67 bits per heavy atom. The molecular formula is C14H14BrNO2. The molecule has 1 aromatic rings. The molecule has 0 saturated carbocycles. The van der Waals surface area contributed by atoms with Crippen molar-refractivity contribution in [1.82, 2.24) is 0 Å². The molecular weight excluding hydrogens is 294 g/mol. The molecule has 2 rings (SSSR count). The largest absolute Gasteiger partial charge is 0.378 e. The number of nitriles is 1. The second kappa shape index (κ2) is 5.64. The van der Waals surface area contributed by atoms with Gasteiger partial charge in [-0.15, -0.1) is 0 Å². The Kier molecular flexibility index (Phi) is 4.15. The summed E-state index contributed by atoms with van der Waals surface area (Å²) in [5, 5.41) is 9.22. The van der Waals surface area contributed by atoms with Gasteiger partial charge in [-0.3, -0.25) is 4.79 Å². The molecule has 1 aliphatic heterocycles. The molecule has 1 heterocycles. The standard InChI is InChI=1S/C14H14BrNO2/c1-9-6-11(8-18-9)14(17)13(7-16)10-2-4-12(15)5-3-10/h2-5,9,11,13H,6,8H2,1H3. The van der Waals surface area contributed by atoms with Crippen molar-refractivity contribution in [3.8, 4) is 6.07 Å². The summed E-state index contributed by atoms with van der Waals surface area (Å²) in [6.07, 6.45) is 0.830. The Morgan fingerprint density at radius 1 is 1.50 bits per heavy atom. The van der Waals surface area contributed by atoms with Gasteiger partial charge in [0.25, 0.3) is 0 Å². The van der Waals surface area contributed by atoms with Gasteiger partial charge in [-0.05, 0) is 31.0 Å². The van der Waals surface area contributed by atoms with Gasteiger partial charge < -0.3 is 4.74 Å². The SMILES string of the molecule is CC1CC(C(=O)C(C#N)c2ccc(Br)cc2)CO1. The van der Waals surface area contributed by atoms with E-state index in [1.54, 1.807) is 0 Å². The van der Waals surface area contributed by atoms with E-state index in [0.717, 1.165) is 10.0 Å². The van der Waals surface area contributed by atoms with Crippen molar-refractivity contribution < 1.29 is 9.53 Å². The van der Waals surface area contributed by atoms with Gasteiger partial charge in [0.2, 0.25) is 0 Å². The Hall–Kier alpha value is -1.18. The zero-order chi connectivity index (χ0) is 13.1. The summed E-state index contributed by atoms with van der Waals surface area (Å²) in [6.45, 7) is 2.39. The van der Waals surface area contributed by atoms with Crippen molar-refractivity contribution in [2.75, 3.05) is 6.61 Å². The molecule has 3 atom stereocenters. The average molecular weight is 308 g/mol. The van der Waals surface area contributed by atoms with E-state index in [4.69, 9.17) is 4.74 Å². The van der Waals surface area contributed by atoms with E-state index in [9.17, 15) is 10.1 Å². The van der Waals surface area contributed by atoms with Crippen LogP contribution in [0.1, 0.15) is 24.8 Å². The lowest BCUT2D eigenvalue weighted by Gasteiger charge is -2.12. The van der Waals surface area contributed by atoms with Gasteiger partial charge in [-0.1, -0.05) is 28.1 Å². The summed E-state index contributed by atoms with van der Waals surface area (Å²) in [7, 11) is 0. The lowest BCUT2D eigenvalue weighted by molar-refractivity contribution is -0.123. The fourth-order valence-corrected chi connectivity index (χ4v) is 2.47. The highest BCUT2D eigenvalue weighted by atomic mass is 79.9. The number of rotatable bonds is 3. The van der Waals surface area contributed by atoms with Crippen LogP contribution in [0.25, 0.3) is 0 Å². The van der Waals surface area contributed by atoms with Crippen molar-refractivity contribution >= 4 is 21.7 Å². The smallest absolute Gasteiger partial charge is 0.159 e. The molecule has 1 fully saturated rings. The number of halogens is 1. The van der Waals surface area contributed by atoms with Crippen LogP contribution in [0.3, 0.4) is 0 Å². The number of carbonyl (C=O) groups excluding carboxylic acids is 1. The molecule has 0 N–H and O–H groups in total. The van der Waals surface area contributed by atoms with Crippen LogP contribution >= 0.6 is 15.9 Å². The van der Waals surface area contributed by atoms with Crippen LogP contribution in [0.2, 0.25) is 0 Å². The summed E-state index contributed by atoms with van der Waals surface area (Å²) >= 11 is 3.34. The van der Waals surface area contributed by atoms with Gasteiger partial charge in [0, 0.05) is 10.4 Å². The van der Waals surface area contributed by atoms with Crippen LogP contribution in [0, 0.1) is 17.2 Å². The molecule has 0 spiro atoms. The zero-order valence-electron chi connectivity index (χ0n) is 10.1.